The lowest BCUT2D eigenvalue weighted by Gasteiger charge is -1.81. The van der Waals surface area contributed by atoms with Crippen molar-refractivity contribution in [3.8, 4) is 0 Å². The first-order chi connectivity index (χ1) is 5.20. The minimum Gasteiger partial charge on any atom is -0.311 e. The molecule has 0 atom stereocenters. The summed E-state index contributed by atoms with van der Waals surface area (Å²) >= 11 is 0. The fourth-order valence-electron chi connectivity index (χ4n) is 0.393. The molecule has 0 fully saturated rings. The van der Waals surface area contributed by atoms with Crippen molar-refractivity contribution in [3.05, 3.63) is 32.9 Å². The first-order valence-corrected chi connectivity index (χ1v) is 3.17. The fraction of sp³-hybridized carbons (Fsp3) is 0.333. The second-order valence-electron chi connectivity index (χ2n) is 1.42. The van der Waals surface area contributed by atoms with Gasteiger partial charge in [0.1, 0.15) is 0 Å². The van der Waals surface area contributed by atoms with Crippen LogP contribution in [0.4, 0.5) is 4.39 Å². The van der Waals surface area contributed by atoms with Crippen molar-refractivity contribution in [3.63, 3.8) is 0 Å². The molecule has 0 aliphatic rings. The smallest absolute Gasteiger partial charge is 0.311 e. The SMILES string of the molecule is CC.O=c1[nH]cc(F)c(=O)[nH]1. The van der Waals surface area contributed by atoms with Crippen LogP contribution in [-0.2, 0) is 0 Å². The van der Waals surface area contributed by atoms with E-state index in [2.05, 4.69) is 0 Å². The van der Waals surface area contributed by atoms with Gasteiger partial charge in [-0.25, -0.2) is 4.79 Å². The van der Waals surface area contributed by atoms with E-state index in [0.717, 1.165) is 0 Å². The molecule has 2 N–H and O–H groups in total. The Balaban J connectivity index is 0.000000461. The van der Waals surface area contributed by atoms with Gasteiger partial charge in [0.05, 0.1) is 0 Å². The largest absolute Gasteiger partial charge is 0.325 e. The Morgan fingerprint density at radius 3 is 2.27 bits per heavy atom. The highest BCUT2D eigenvalue weighted by atomic mass is 19.1. The highest BCUT2D eigenvalue weighted by Crippen LogP contribution is 1.74. The number of nitrogens with one attached hydrogen (secondary N) is 2. The normalized spacial score (nSPS) is 8.27. The van der Waals surface area contributed by atoms with Crippen LogP contribution in [0.1, 0.15) is 13.8 Å². The van der Waals surface area contributed by atoms with E-state index in [4.69, 9.17) is 0 Å². The molecule has 0 aromatic carbocycles. The molecule has 1 aromatic rings. The number of H-pyrrole nitrogens is 2. The molecule has 5 heteroatoms. The Morgan fingerprint density at radius 2 is 1.91 bits per heavy atom. The lowest BCUT2D eigenvalue weighted by molar-refractivity contribution is 0.597. The highest BCUT2D eigenvalue weighted by Gasteiger charge is 1.93. The number of hydrogen-bond donors (Lipinski definition) is 2. The third kappa shape index (κ3) is 2.79. The van der Waals surface area contributed by atoms with E-state index in [0.29, 0.717) is 6.20 Å². The van der Waals surface area contributed by atoms with Crippen molar-refractivity contribution in [1.82, 2.24) is 9.97 Å². The van der Waals surface area contributed by atoms with E-state index in [1.165, 1.54) is 0 Å². The highest BCUT2D eigenvalue weighted by molar-refractivity contribution is 4.83. The topological polar surface area (TPSA) is 65.7 Å². The van der Waals surface area contributed by atoms with Gasteiger partial charge in [0, 0.05) is 6.20 Å². The molecule has 0 bridgehead atoms. The van der Waals surface area contributed by atoms with Crippen molar-refractivity contribution < 1.29 is 4.39 Å². The number of hydrogen-bond acceptors (Lipinski definition) is 2. The molecule has 1 aromatic heterocycles. The van der Waals surface area contributed by atoms with E-state index >= 15 is 0 Å². The van der Waals surface area contributed by atoms with Gasteiger partial charge < -0.3 is 4.98 Å². The summed E-state index contributed by atoms with van der Waals surface area (Å²) in [5.41, 5.74) is -1.71. The van der Waals surface area contributed by atoms with E-state index in [1.54, 1.807) is 4.98 Å². The summed E-state index contributed by atoms with van der Waals surface area (Å²) in [6, 6.07) is 0. The summed E-state index contributed by atoms with van der Waals surface area (Å²) in [5.74, 6) is -0.991. The molecule has 0 radical (unpaired) electrons. The molecule has 0 aliphatic heterocycles. The van der Waals surface area contributed by atoms with Crippen LogP contribution in [0.5, 0.6) is 0 Å². The monoisotopic (exact) mass is 160 g/mol. The van der Waals surface area contributed by atoms with Crippen LogP contribution in [0.2, 0.25) is 0 Å². The Labute approximate surface area is 62.1 Å². The Morgan fingerprint density at radius 1 is 1.36 bits per heavy atom. The van der Waals surface area contributed by atoms with Crippen molar-refractivity contribution in [2.75, 3.05) is 0 Å². The zero-order valence-corrected chi connectivity index (χ0v) is 6.27. The lowest BCUT2D eigenvalue weighted by atomic mass is 10.6. The standard InChI is InChI=1S/C4H3FN2O2.C2H6/c5-2-1-6-4(9)7-3(2)8;1-2/h1H,(H2,6,7,8,9);1-2H3. The Bertz CT molecular complexity index is 315. The summed E-state index contributed by atoms with van der Waals surface area (Å²) in [5, 5.41) is 0. The molecule has 62 valence electrons. The van der Waals surface area contributed by atoms with Gasteiger partial charge in [-0.15, -0.1) is 0 Å². The van der Waals surface area contributed by atoms with E-state index in [1.807, 2.05) is 18.8 Å². The quantitative estimate of drug-likeness (QED) is 0.570. The molecule has 1 rings (SSSR count). The van der Waals surface area contributed by atoms with Gasteiger partial charge in [0.15, 0.2) is 0 Å². The lowest BCUT2D eigenvalue weighted by Crippen LogP contribution is -2.23. The summed E-state index contributed by atoms with van der Waals surface area (Å²) in [6.07, 6.45) is 0.709. The van der Waals surface area contributed by atoms with Crippen molar-refractivity contribution in [2.24, 2.45) is 0 Å². The zero-order chi connectivity index (χ0) is 8.85. The molecule has 0 spiro atoms. The maximum Gasteiger partial charge on any atom is 0.325 e. The second kappa shape index (κ2) is 4.43. The van der Waals surface area contributed by atoms with Gasteiger partial charge in [-0.05, 0) is 0 Å². The number of halogens is 1. The van der Waals surface area contributed by atoms with Gasteiger partial charge in [0.25, 0.3) is 5.56 Å². The van der Waals surface area contributed by atoms with Crippen molar-refractivity contribution in [1.29, 1.82) is 0 Å². The van der Waals surface area contributed by atoms with E-state index in [-0.39, 0.29) is 0 Å². The molecular weight excluding hydrogens is 151 g/mol. The van der Waals surface area contributed by atoms with E-state index in [9.17, 15) is 14.0 Å². The third-order valence-electron chi connectivity index (χ3n) is 0.774. The summed E-state index contributed by atoms with van der Waals surface area (Å²) in [6.45, 7) is 4.00. The van der Waals surface area contributed by atoms with Crippen LogP contribution in [0.3, 0.4) is 0 Å². The maximum absolute atomic E-state index is 12.0. The molecule has 0 saturated heterocycles. The average molecular weight is 160 g/mol. The molecule has 0 unspecified atom stereocenters. The van der Waals surface area contributed by atoms with Crippen LogP contribution < -0.4 is 11.2 Å². The number of rotatable bonds is 0. The first kappa shape index (κ1) is 9.61. The van der Waals surface area contributed by atoms with Crippen LogP contribution >= 0.6 is 0 Å². The number of aromatic amines is 2. The molecule has 11 heavy (non-hydrogen) atoms. The van der Waals surface area contributed by atoms with E-state index < -0.39 is 17.1 Å². The van der Waals surface area contributed by atoms with Gasteiger partial charge in [-0.2, -0.15) is 4.39 Å². The Kier molecular flexibility index (Phi) is 3.87. The first-order valence-electron chi connectivity index (χ1n) is 3.17. The summed E-state index contributed by atoms with van der Waals surface area (Å²) in [4.78, 5) is 24.0. The third-order valence-corrected chi connectivity index (χ3v) is 0.774. The Hall–Kier alpha value is -1.39. The molecule has 4 nitrogen and oxygen atoms in total. The molecule has 1 heterocycles. The van der Waals surface area contributed by atoms with Crippen LogP contribution in [0, 0.1) is 5.82 Å². The summed E-state index contributed by atoms with van der Waals surface area (Å²) < 4.78 is 12.0. The van der Waals surface area contributed by atoms with Crippen LogP contribution in [0.15, 0.2) is 15.8 Å². The average Bonchev–Trinajstić information content (AvgIpc) is 2.02. The molecule has 0 amide bonds. The zero-order valence-electron chi connectivity index (χ0n) is 6.27. The van der Waals surface area contributed by atoms with Crippen LogP contribution in [-0.4, -0.2) is 9.97 Å². The molecular formula is C6H9FN2O2. The second-order valence-corrected chi connectivity index (χ2v) is 1.42. The predicted molar refractivity (Wildman–Crippen MR) is 39.0 cm³/mol. The van der Waals surface area contributed by atoms with Crippen LogP contribution in [0.25, 0.3) is 0 Å². The number of aromatic nitrogens is 2. The fourth-order valence-corrected chi connectivity index (χ4v) is 0.393. The van der Waals surface area contributed by atoms with Gasteiger partial charge in [-0.3, -0.25) is 9.78 Å². The summed E-state index contributed by atoms with van der Waals surface area (Å²) in [7, 11) is 0. The molecule has 0 saturated carbocycles. The van der Waals surface area contributed by atoms with Gasteiger partial charge in [0.2, 0.25) is 5.82 Å². The minimum atomic E-state index is -1.00. The van der Waals surface area contributed by atoms with Crippen molar-refractivity contribution >= 4 is 0 Å². The van der Waals surface area contributed by atoms with Gasteiger partial charge in [-0.1, -0.05) is 13.8 Å². The maximum atomic E-state index is 12.0. The van der Waals surface area contributed by atoms with Gasteiger partial charge >= 0.3 is 5.69 Å². The molecule has 0 aliphatic carbocycles. The minimum absolute atomic E-state index is 0.707. The van der Waals surface area contributed by atoms with Crippen molar-refractivity contribution in [2.45, 2.75) is 13.8 Å². The predicted octanol–water partition coefficient (Wildman–Crippen LogP) is 0.229.